The number of rotatable bonds is 9. The van der Waals surface area contributed by atoms with Crippen LogP contribution in [-0.2, 0) is 6.42 Å². The van der Waals surface area contributed by atoms with Gasteiger partial charge < -0.3 is 20.1 Å². The molecule has 1 aliphatic heterocycles. The van der Waals surface area contributed by atoms with E-state index in [0.717, 1.165) is 43.7 Å². The Hall–Kier alpha value is -2.63. The van der Waals surface area contributed by atoms with Crippen LogP contribution < -0.4 is 10.1 Å². The van der Waals surface area contributed by atoms with Crippen LogP contribution in [0.2, 0.25) is 0 Å². The zero-order valence-corrected chi connectivity index (χ0v) is 16.8. The van der Waals surface area contributed by atoms with Crippen molar-refractivity contribution < 1.29 is 14.6 Å². The molecule has 1 heterocycles. The molecule has 0 bridgehead atoms. The molecule has 154 valence electrons. The van der Waals surface area contributed by atoms with Crippen LogP contribution in [0.15, 0.2) is 67.3 Å². The van der Waals surface area contributed by atoms with Crippen molar-refractivity contribution in [3.05, 3.63) is 78.4 Å². The summed E-state index contributed by atoms with van der Waals surface area (Å²) < 4.78 is 5.83. The third-order valence-electron chi connectivity index (χ3n) is 5.20. The predicted octanol–water partition coefficient (Wildman–Crippen LogP) is 3.05. The van der Waals surface area contributed by atoms with Gasteiger partial charge in [0.25, 0.3) is 5.91 Å². The van der Waals surface area contributed by atoms with Gasteiger partial charge in [-0.1, -0.05) is 42.5 Å². The highest BCUT2D eigenvalue weighted by Crippen LogP contribution is 2.19. The van der Waals surface area contributed by atoms with Crippen molar-refractivity contribution >= 4 is 5.91 Å². The number of aliphatic hydroxyl groups excluding tert-OH is 1. The molecule has 1 atom stereocenters. The number of nitrogens with zero attached hydrogens (tertiary/aromatic N) is 1. The average Bonchev–Trinajstić information content (AvgIpc) is 2.75. The van der Waals surface area contributed by atoms with E-state index >= 15 is 0 Å². The average molecular weight is 395 g/mol. The second kappa shape index (κ2) is 10.8. The second-order valence-electron chi connectivity index (χ2n) is 7.48. The summed E-state index contributed by atoms with van der Waals surface area (Å²) in [6.07, 6.45) is 3.80. The number of carbonyl (C=O) groups excluding carboxylic acids is 1. The fourth-order valence-corrected chi connectivity index (χ4v) is 3.62. The smallest absolute Gasteiger partial charge is 0.251 e. The van der Waals surface area contributed by atoms with Crippen LogP contribution in [0, 0.1) is 0 Å². The molecule has 1 aliphatic rings. The van der Waals surface area contributed by atoms with Crippen LogP contribution >= 0.6 is 0 Å². The monoisotopic (exact) mass is 394 g/mol. The van der Waals surface area contributed by atoms with Crippen molar-refractivity contribution in [2.45, 2.75) is 31.4 Å². The minimum atomic E-state index is -0.553. The maximum Gasteiger partial charge on any atom is 0.251 e. The highest BCUT2D eigenvalue weighted by Gasteiger charge is 2.22. The third kappa shape index (κ3) is 6.44. The molecule has 5 nitrogen and oxygen atoms in total. The molecule has 29 heavy (non-hydrogen) atoms. The van der Waals surface area contributed by atoms with Crippen LogP contribution in [0.3, 0.4) is 0 Å². The van der Waals surface area contributed by atoms with Gasteiger partial charge in [-0.05, 0) is 43.0 Å². The summed E-state index contributed by atoms with van der Waals surface area (Å²) in [5.74, 6) is 0.782. The lowest BCUT2D eigenvalue weighted by atomic mass is 10.0. The van der Waals surface area contributed by atoms with Gasteiger partial charge in [-0.3, -0.25) is 4.79 Å². The van der Waals surface area contributed by atoms with E-state index in [0.29, 0.717) is 12.1 Å². The lowest BCUT2D eigenvalue weighted by molar-refractivity contribution is 0.0565. The zero-order chi connectivity index (χ0) is 20.5. The first-order valence-electron chi connectivity index (χ1n) is 10.2. The van der Waals surface area contributed by atoms with Crippen molar-refractivity contribution in [2.75, 3.05) is 26.2 Å². The Morgan fingerprint density at radius 1 is 1.17 bits per heavy atom. The van der Waals surface area contributed by atoms with Gasteiger partial charge in [0.2, 0.25) is 0 Å². The zero-order valence-electron chi connectivity index (χ0n) is 16.8. The molecule has 0 aliphatic carbocycles. The van der Waals surface area contributed by atoms with Crippen LogP contribution in [-0.4, -0.2) is 54.3 Å². The molecule has 0 radical (unpaired) electrons. The van der Waals surface area contributed by atoms with Crippen LogP contribution in [0.1, 0.15) is 28.8 Å². The normalized spacial score (nSPS) is 16.2. The predicted molar refractivity (Wildman–Crippen MR) is 115 cm³/mol. The Morgan fingerprint density at radius 3 is 2.59 bits per heavy atom. The summed E-state index contributed by atoms with van der Waals surface area (Å²) in [6, 6.07) is 17.3. The van der Waals surface area contributed by atoms with Gasteiger partial charge in [-0.2, -0.15) is 0 Å². The summed E-state index contributed by atoms with van der Waals surface area (Å²) in [5.41, 5.74) is 1.77. The van der Waals surface area contributed by atoms with Crippen molar-refractivity contribution in [1.82, 2.24) is 10.2 Å². The molecular weight excluding hydrogens is 364 g/mol. The van der Waals surface area contributed by atoms with Crippen molar-refractivity contribution in [1.29, 1.82) is 0 Å². The number of nitrogens with one attached hydrogen (secondary N) is 1. The number of likely N-dealkylation sites (tertiary alicyclic amines) is 1. The molecule has 2 aromatic carbocycles. The number of hydrogen-bond acceptors (Lipinski definition) is 4. The number of amides is 1. The number of aliphatic hydroxyl groups is 1. The van der Waals surface area contributed by atoms with E-state index in [9.17, 15) is 9.90 Å². The Labute approximate surface area is 173 Å². The lowest BCUT2D eigenvalue weighted by Crippen LogP contribution is -2.47. The molecule has 5 heteroatoms. The van der Waals surface area contributed by atoms with Gasteiger partial charge in [0.05, 0.1) is 0 Å². The number of ether oxygens (including phenoxy) is 1. The van der Waals surface area contributed by atoms with Crippen LogP contribution in [0.5, 0.6) is 5.75 Å². The summed E-state index contributed by atoms with van der Waals surface area (Å²) in [6.45, 7) is 6.31. The molecule has 1 fully saturated rings. The number of carbonyl (C=O) groups is 1. The second-order valence-corrected chi connectivity index (χ2v) is 7.48. The van der Waals surface area contributed by atoms with Gasteiger partial charge in [0, 0.05) is 31.2 Å². The summed E-state index contributed by atoms with van der Waals surface area (Å²) in [4.78, 5) is 14.5. The van der Waals surface area contributed by atoms with E-state index in [1.807, 2.05) is 60.7 Å². The molecule has 0 saturated carbocycles. The molecule has 0 aromatic heterocycles. The molecule has 1 amide bonds. The van der Waals surface area contributed by atoms with Gasteiger partial charge in [-0.25, -0.2) is 0 Å². The maximum absolute atomic E-state index is 12.3. The molecule has 1 saturated heterocycles. The van der Waals surface area contributed by atoms with E-state index < -0.39 is 6.10 Å². The van der Waals surface area contributed by atoms with Gasteiger partial charge >= 0.3 is 0 Å². The summed E-state index contributed by atoms with van der Waals surface area (Å²) in [7, 11) is 0. The highest BCUT2D eigenvalue weighted by atomic mass is 16.5. The van der Waals surface area contributed by atoms with E-state index in [1.54, 1.807) is 0 Å². The topological polar surface area (TPSA) is 61.8 Å². The van der Waals surface area contributed by atoms with Crippen LogP contribution in [0.25, 0.3) is 0 Å². The fraction of sp³-hybridized carbons (Fsp3) is 0.375. The van der Waals surface area contributed by atoms with Gasteiger partial charge in [0.1, 0.15) is 18.5 Å². The first kappa shape index (κ1) is 21.1. The van der Waals surface area contributed by atoms with Gasteiger partial charge in [0.15, 0.2) is 0 Å². The number of β-amino-alcohol motifs (C(OH)–C–C–N with tert-alkyl or cyclic N) is 1. The molecular formula is C24H30N2O3. The molecule has 0 spiro atoms. The first-order valence-corrected chi connectivity index (χ1v) is 10.2. The third-order valence-corrected chi connectivity index (χ3v) is 5.20. The SMILES string of the molecule is C=CCc1ccccc1OCC(O)CN1CCC(NC(=O)c2ccccc2)CC1. The van der Waals surface area contributed by atoms with E-state index in [-0.39, 0.29) is 18.6 Å². The maximum atomic E-state index is 12.3. The molecule has 2 N–H and O–H groups in total. The minimum absolute atomic E-state index is 0.0179. The van der Waals surface area contributed by atoms with E-state index in [2.05, 4.69) is 16.8 Å². The van der Waals surface area contributed by atoms with Crippen molar-refractivity contribution in [3.8, 4) is 5.75 Å². The van der Waals surface area contributed by atoms with E-state index in [4.69, 9.17) is 4.74 Å². The quantitative estimate of drug-likeness (QED) is 0.642. The van der Waals surface area contributed by atoms with E-state index in [1.165, 1.54) is 0 Å². The Kier molecular flexibility index (Phi) is 7.85. The van der Waals surface area contributed by atoms with Crippen LogP contribution in [0.4, 0.5) is 0 Å². The molecule has 3 rings (SSSR count). The largest absolute Gasteiger partial charge is 0.491 e. The Balaban J connectivity index is 1.39. The minimum Gasteiger partial charge on any atom is -0.491 e. The standard InChI is InChI=1S/C24H30N2O3/c1-2-8-19-9-6-7-12-23(19)29-18-22(27)17-26-15-13-21(14-16-26)25-24(28)20-10-4-3-5-11-20/h2-7,9-12,21-22,27H,1,8,13-18H2,(H,25,28). The lowest BCUT2D eigenvalue weighted by Gasteiger charge is -2.33. The summed E-state index contributed by atoms with van der Waals surface area (Å²) in [5, 5.41) is 13.5. The Morgan fingerprint density at radius 2 is 1.86 bits per heavy atom. The Bertz CT molecular complexity index is 786. The van der Waals surface area contributed by atoms with Gasteiger partial charge in [-0.15, -0.1) is 6.58 Å². The number of para-hydroxylation sites is 1. The molecule has 1 unspecified atom stereocenters. The molecule has 2 aromatic rings. The van der Waals surface area contributed by atoms with Crippen molar-refractivity contribution in [2.24, 2.45) is 0 Å². The number of allylic oxidation sites excluding steroid dienone is 1. The van der Waals surface area contributed by atoms with Crippen molar-refractivity contribution in [3.63, 3.8) is 0 Å². The first-order chi connectivity index (χ1) is 14.2. The summed E-state index contributed by atoms with van der Waals surface area (Å²) >= 11 is 0. The number of benzene rings is 2. The highest BCUT2D eigenvalue weighted by molar-refractivity contribution is 5.94. The number of hydrogen-bond donors (Lipinski definition) is 2. The number of piperidine rings is 1. The fourth-order valence-electron chi connectivity index (χ4n) is 3.62.